The molecule has 2 heterocycles. The minimum absolute atomic E-state index is 0.100. The van der Waals surface area contributed by atoms with Crippen LogP contribution < -0.4 is 20.1 Å². The monoisotopic (exact) mass is 454 g/mol. The van der Waals surface area contributed by atoms with E-state index in [0.29, 0.717) is 34.0 Å². The molecule has 0 fully saturated rings. The first-order chi connectivity index (χ1) is 16.7. The van der Waals surface area contributed by atoms with Gasteiger partial charge in [-0.1, -0.05) is 36.4 Å². The molecule has 1 aliphatic heterocycles. The fourth-order valence-corrected chi connectivity index (χ4v) is 3.70. The van der Waals surface area contributed by atoms with Crippen molar-refractivity contribution in [2.75, 3.05) is 13.1 Å². The van der Waals surface area contributed by atoms with Crippen molar-refractivity contribution in [3.8, 4) is 11.5 Å². The van der Waals surface area contributed by atoms with Gasteiger partial charge in [-0.25, -0.2) is 9.97 Å². The third-order valence-corrected chi connectivity index (χ3v) is 5.41. The smallest absolute Gasteiger partial charge is 0.255 e. The summed E-state index contributed by atoms with van der Waals surface area (Å²) in [6.07, 6.45) is 0. The first-order valence-corrected chi connectivity index (χ1v) is 10.9. The molecule has 0 bridgehead atoms. The van der Waals surface area contributed by atoms with Crippen molar-refractivity contribution in [3.05, 3.63) is 95.3 Å². The molecule has 0 saturated carbocycles. The Morgan fingerprint density at radius 2 is 1.00 bits per heavy atom. The summed E-state index contributed by atoms with van der Waals surface area (Å²) in [4.78, 5) is 35.0. The van der Waals surface area contributed by atoms with Crippen molar-refractivity contribution in [1.82, 2.24) is 20.6 Å². The van der Waals surface area contributed by atoms with E-state index in [1.165, 1.54) is 0 Å². The molecule has 1 aromatic heterocycles. The van der Waals surface area contributed by atoms with Crippen LogP contribution in [0.5, 0.6) is 11.5 Å². The number of carbonyl (C=O) groups is 2. The maximum atomic E-state index is 12.7. The predicted molar refractivity (Wildman–Crippen MR) is 126 cm³/mol. The van der Waals surface area contributed by atoms with Gasteiger partial charge in [-0.15, -0.1) is 0 Å². The zero-order valence-electron chi connectivity index (χ0n) is 18.3. The number of para-hydroxylation sites is 4. The number of amides is 2. The average molecular weight is 454 g/mol. The summed E-state index contributed by atoms with van der Waals surface area (Å²) in [5, 5.41) is 5.63. The summed E-state index contributed by atoms with van der Waals surface area (Å²) in [5.74, 6) is 0.294. The lowest BCUT2D eigenvalue weighted by Crippen LogP contribution is -2.35. The Labute approximate surface area is 196 Å². The van der Waals surface area contributed by atoms with E-state index in [0.717, 1.165) is 11.0 Å². The minimum Gasteiger partial charge on any atom is -0.486 e. The number of nitrogens with zero attached hydrogens (tertiary/aromatic N) is 2. The van der Waals surface area contributed by atoms with Gasteiger partial charge < -0.3 is 20.1 Å². The maximum Gasteiger partial charge on any atom is 0.255 e. The van der Waals surface area contributed by atoms with Crippen molar-refractivity contribution < 1.29 is 19.1 Å². The van der Waals surface area contributed by atoms with E-state index in [1.54, 1.807) is 48.5 Å². The fraction of sp³-hybridized carbons (Fsp3) is 0.154. The molecule has 2 amide bonds. The van der Waals surface area contributed by atoms with Crippen LogP contribution in [0.2, 0.25) is 0 Å². The average Bonchev–Trinajstić information content (AvgIpc) is 2.88. The van der Waals surface area contributed by atoms with Gasteiger partial charge in [0.25, 0.3) is 11.8 Å². The summed E-state index contributed by atoms with van der Waals surface area (Å²) in [5.41, 5.74) is 3.43. The molecule has 0 spiro atoms. The van der Waals surface area contributed by atoms with E-state index < -0.39 is 0 Å². The normalized spacial score (nSPS) is 14.5. The van der Waals surface area contributed by atoms with Gasteiger partial charge >= 0.3 is 0 Å². The van der Waals surface area contributed by atoms with E-state index in [-0.39, 0.29) is 38.1 Å². The van der Waals surface area contributed by atoms with Crippen LogP contribution in [-0.4, -0.2) is 34.9 Å². The highest BCUT2D eigenvalue weighted by Crippen LogP contribution is 2.23. The molecule has 3 aromatic carbocycles. The molecule has 8 heteroatoms. The van der Waals surface area contributed by atoms with Gasteiger partial charge in [0, 0.05) is 13.1 Å². The molecule has 0 aliphatic carbocycles. The van der Waals surface area contributed by atoms with Crippen molar-refractivity contribution in [3.63, 3.8) is 0 Å². The molecule has 5 rings (SSSR count). The molecule has 34 heavy (non-hydrogen) atoms. The SMILES string of the molecule is O=C1NCCNC(=O)c2ccccc2OCc2nc3ccccc3nc2COc2ccccc21. The van der Waals surface area contributed by atoms with Gasteiger partial charge in [0.2, 0.25) is 0 Å². The Morgan fingerprint density at radius 1 is 0.588 bits per heavy atom. The number of benzene rings is 3. The van der Waals surface area contributed by atoms with E-state index in [2.05, 4.69) is 10.6 Å². The first-order valence-electron chi connectivity index (χ1n) is 10.9. The van der Waals surface area contributed by atoms with Crippen LogP contribution in [0.4, 0.5) is 0 Å². The summed E-state index contributed by atoms with van der Waals surface area (Å²) in [6, 6.07) is 21.6. The fourth-order valence-electron chi connectivity index (χ4n) is 3.70. The lowest BCUT2D eigenvalue weighted by molar-refractivity contribution is 0.0922. The Bertz CT molecular complexity index is 1270. The number of aromatic nitrogens is 2. The molecule has 0 saturated heterocycles. The molecule has 2 N–H and O–H groups in total. The number of fused-ring (bicyclic) bond motifs is 4. The molecular formula is C26H22N4O4. The van der Waals surface area contributed by atoms with Crippen LogP contribution in [0, 0.1) is 0 Å². The highest BCUT2D eigenvalue weighted by atomic mass is 16.5. The second-order valence-electron chi connectivity index (χ2n) is 7.69. The van der Waals surface area contributed by atoms with Crippen molar-refractivity contribution in [1.29, 1.82) is 0 Å². The van der Waals surface area contributed by atoms with E-state index >= 15 is 0 Å². The van der Waals surface area contributed by atoms with Crippen LogP contribution in [0.3, 0.4) is 0 Å². The molecule has 8 nitrogen and oxygen atoms in total. The van der Waals surface area contributed by atoms with Crippen LogP contribution in [0.1, 0.15) is 32.1 Å². The Hall–Kier alpha value is -4.46. The highest BCUT2D eigenvalue weighted by Gasteiger charge is 2.17. The molecular weight excluding hydrogens is 432 g/mol. The van der Waals surface area contributed by atoms with Gasteiger partial charge in [0.1, 0.15) is 36.1 Å². The summed E-state index contributed by atoms with van der Waals surface area (Å²) in [7, 11) is 0. The number of hydrogen-bond acceptors (Lipinski definition) is 6. The largest absolute Gasteiger partial charge is 0.486 e. The third kappa shape index (κ3) is 4.52. The lowest BCUT2D eigenvalue weighted by atomic mass is 10.1. The number of hydrogen-bond donors (Lipinski definition) is 2. The Morgan fingerprint density at radius 3 is 1.47 bits per heavy atom. The zero-order chi connectivity index (χ0) is 23.3. The van der Waals surface area contributed by atoms with Gasteiger partial charge in [0.15, 0.2) is 0 Å². The van der Waals surface area contributed by atoms with Gasteiger partial charge in [0.05, 0.1) is 22.2 Å². The van der Waals surface area contributed by atoms with Crippen molar-refractivity contribution in [2.24, 2.45) is 0 Å². The second-order valence-corrected chi connectivity index (χ2v) is 7.69. The maximum absolute atomic E-state index is 12.7. The second kappa shape index (κ2) is 9.58. The van der Waals surface area contributed by atoms with Crippen LogP contribution >= 0.6 is 0 Å². The third-order valence-electron chi connectivity index (χ3n) is 5.41. The molecule has 1 aliphatic rings. The molecule has 0 atom stereocenters. The molecule has 0 radical (unpaired) electrons. The first kappa shape index (κ1) is 21.4. The highest BCUT2D eigenvalue weighted by molar-refractivity contribution is 5.98. The van der Waals surface area contributed by atoms with Gasteiger partial charge in [-0.3, -0.25) is 9.59 Å². The van der Waals surface area contributed by atoms with E-state index in [1.807, 2.05) is 24.3 Å². The van der Waals surface area contributed by atoms with Gasteiger partial charge in [-0.2, -0.15) is 0 Å². The topological polar surface area (TPSA) is 102 Å². The number of carbonyl (C=O) groups excluding carboxylic acids is 2. The van der Waals surface area contributed by atoms with Crippen molar-refractivity contribution >= 4 is 22.8 Å². The van der Waals surface area contributed by atoms with Crippen LogP contribution in [-0.2, 0) is 13.2 Å². The summed E-state index contributed by atoms with van der Waals surface area (Å²) < 4.78 is 12.1. The number of rotatable bonds is 0. The Kier molecular flexibility index (Phi) is 6.03. The van der Waals surface area contributed by atoms with Crippen LogP contribution in [0.15, 0.2) is 72.8 Å². The molecule has 0 unspecified atom stereocenters. The van der Waals surface area contributed by atoms with Crippen LogP contribution in [0.25, 0.3) is 11.0 Å². The van der Waals surface area contributed by atoms with E-state index in [9.17, 15) is 9.59 Å². The molecule has 4 aromatic rings. The number of ether oxygens (including phenoxy) is 2. The zero-order valence-corrected chi connectivity index (χ0v) is 18.3. The molecule has 170 valence electrons. The Balaban J connectivity index is 1.55. The lowest BCUT2D eigenvalue weighted by Gasteiger charge is -2.16. The summed E-state index contributed by atoms with van der Waals surface area (Å²) >= 11 is 0. The van der Waals surface area contributed by atoms with Gasteiger partial charge in [-0.05, 0) is 36.4 Å². The standard InChI is InChI=1S/C26H22N4O4/c31-25-17-7-1-5-11-23(17)33-15-21-22(30-20-10-4-3-9-19(20)29-21)16-34-24-12-6-2-8-18(24)26(32)28-14-13-27-25/h1-12H,13-16H2,(H,27,31)(H,28,32). The van der Waals surface area contributed by atoms with Crippen molar-refractivity contribution in [2.45, 2.75) is 13.2 Å². The predicted octanol–water partition coefficient (Wildman–Crippen LogP) is 3.26. The quantitative estimate of drug-likeness (QED) is 0.423. The van der Waals surface area contributed by atoms with E-state index in [4.69, 9.17) is 19.4 Å². The summed E-state index contributed by atoms with van der Waals surface area (Å²) in [6.45, 7) is 0.733. The minimum atomic E-state index is -0.287. The number of nitrogens with one attached hydrogen (secondary N) is 2.